The van der Waals surface area contributed by atoms with Gasteiger partial charge in [0.1, 0.15) is 12.0 Å². The Morgan fingerprint density at radius 2 is 2.15 bits per heavy atom. The Morgan fingerprint density at radius 3 is 2.93 bits per heavy atom. The number of nitrogens with zero attached hydrogens (tertiary/aromatic N) is 3. The molecule has 1 aliphatic rings. The van der Waals surface area contributed by atoms with Crippen LogP contribution in [0, 0.1) is 0 Å². The monoisotopic (exact) mass is 366 g/mol. The Morgan fingerprint density at radius 1 is 1.30 bits per heavy atom. The number of carbonyl (C=O) groups excluding carboxylic acids is 1. The first-order valence-electron chi connectivity index (χ1n) is 8.67. The fraction of sp³-hybridized carbons (Fsp3) is 0.263. The van der Waals surface area contributed by atoms with Crippen molar-refractivity contribution >= 4 is 23.1 Å². The van der Waals surface area contributed by atoms with Crippen LogP contribution in [0.25, 0.3) is 22.3 Å². The molecule has 4 rings (SSSR count). The smallest absolute Gasteiger partial charge is 0.407 e. The molecule has 8 heteroatoms. The van der Waals surface area contributed by atoms with E-state index in [-0.39, 0.29) is 6.61 Å². The van der Waals surface area contributed by atoms with Crippen LogP contribution in [0.3, 0.4) is 0 Å². The molecule has 27 heavy (non-hydrogen) atoms. The lowest BCUT2D eigenvalue weighted by Gasteiger charge is -2.26. The normalized spacial score (nSPS) is 13.4. The molecule has 0 saturated heterocycles. The number of amides is 1. The molecular weight excluding hydrogens is 348 g/mol. The van der Waals surface area contributed by atoms with Crippen molar-refractivity contribution in [3.05, 3.63) is 47.4 Å². The van der Waals surface area contributed by atoms with Crippen LogP contribution in [0.15, 0.2) is 30.7 Å². The summed E-state index contributed by atoms with van der Waals surface area (Å²) in [5.41, 5.74) is 4.54. The average Bonchev–Trinajstić information content (AvgIpc) is 3.11. The quantitative estimate of drug-likeness (QED) is 0.690. The summed E-state index contributed by atoms with van der Waals surface area (Å²) < 4.78 is 5.13. The minimum Gasteiger partial charge on any atom is -0.465 e. The third-order valence-corrected chi connectivity index (χ3v) is 4.73. The Hall–Kier alpha value is -3.42. The van der Waals surface area contributed by atoms with Gasteiger partial charge < -0.3 is 19.7 Å². The number of hydrogen-bond donors (Lipinski definition) is 2. The zero-order chi connectivity index (χ0) is 19.0. The molecule has 3 aromatic rings. The van der Waals surface area contributed by atoms with Gasteiger partial charge in [-0.15, -0.1) is 0 Å². The molecule has 8 nitrogen and oxygen atoms in total. The zero-order valence-electron chi connectivity index (χ0n) is 14.7. The maximum atomic E-state index is 12.3. The highest BCUT2D eigenvalue weighted by Crippen LogP contribution is 2.31. The van der Waals surface area contributed by atoms with Crippen molar-refractivity contribution in [1.82, 2.24) is 19.9 Å². The number of esters is 1. The van der Waals surface area contributed by atoms with Crippen molar-refractivity contribution in [3.8, 4) is 11.3 Å². The summed E-state index contributed by atoms with van der Waals surface area (Å²) >= 11 is 0. The van der Waals surface area contributed by atoms with Crippen molar-refractivity contribution in [3.63, 3.8) is 0 Å². The van der Waals surface area contributed by atoms with Crippen LogP contribution in [0.2, 0.25) is 0 Å². The molecule has 0 radical (unpaired) electrons. The molecule has 0 unspecified atom stereocenters. The number of aromatic amines is 1. The van der Waals surface area contributed by atoms with Gasteiger partial charge in [0, 0.05) is 24.8 Å². The number of fused-ring (bicyclic) bond motifs is 2. The van der Waals surface area contributed by atoms with E-state index in [9.17, 15) is 14.7 Å². The molecule has 1 amide bonds. The molecule has 0 saturated carbocycles. The van der Waals surface area contributed by atoms with Crippen LogP contribution in [-0.2, 0) is 17.7 Å². The summed E-state index contributed by atoms with van der Waals surface area (Å²) in [6.07, 6.45) is 2.77. The van der Waals surface area contributed by atoms with Gasteiger partial charge >= 0.3 is 12.1 Å². The second kappa shape index (κ2) is 6.71. The number of carboxylic acid groups (broad SMARTS) is 1. The molecule has 0 atom stereocenters. The predicted octanol–water partition coefficient (Wildman–Crippen LogP) is 2.84. The molecule has 0 bridgehead atoms. The first kappa shape index (κ1) is 17.0. The van der Waals surface area contributed by atoms with Crippen LogP contribution >= 0.6 is 0 Å². The molecule has 0 fully saturated rings. The number of carbonyl (C=O) groups is 2. The SMILES string of the molecule is CCOC(=O)c1c[nH]c2ncnc(-c3ccc4c(c3)CCN(C(=O)O)C4)c12. The molecule has 1 aromatic carbocycles. The van der Waals surface area contributed by atoms with E-state index in [1.165, 1.54) is 11.2 Å². The lowest BCUT2D eigenvalue weighted by Crippen LogP contribution is -2.34. The zero-order valence-corrected chi connectivity index (χ0v) is 14.7. The van der Waals surface area contributed by atoms with Gasteiger partial charge in [0.15, 0.2) is 0 Å². The minimum atomic E-state index is -0.909. The lowest BCUT2D eigenvalue weighted by atomic mass is 9.95. The Kier molecular flexibility index (Phi) is 4.23. The van der Waals surface area contributed by atoms with E-state index in [1.807, 2.05) is 18.2 Å². The number of aromatic nitrogens is 3. The van der Waals surface area contributed by atoms with Gasteiger partial charge in [-0.05, 0) is 30.5 Å². The van der Waals surface area contributed by atoms with Crippen molar-refractivity contribution in [2.24, 2.45) is 0 Å². The Balaban J connectivity index is 1.78. The molecular formula is C19H18N4O4. The summed E-state index contributed by atoms with van der Waals surface area (Å²) in [5, 5.41) is 9.80. The largest absolute Gasteiger partial charge is 0.465 e. The van der Waals surface area contributed by atoms with Crippen LogP contribution in [-0.4, -0.2) is 50.2 Å². The fourth-order valence-electron chi connectivity index (χ4n) is 3.42. The first-order chi connectivity index (χ1) is 13.1. The lowest BCUT2D eigenvalue weighted by molar-refractivity contribution is 0.0528. The van der Waals surface area contributed by atoms with Gasteiger partial charge in [-0.1, -0.05) is 12.1 Å². The summed E-state index contributed by atoms with van der Waals surface area (Å²) in [6.45, 7) is 2.88. The van der Waals surface area contributed by atoms with Gasteiger partial charge in [-0.25, -0.2) is 19.6 Å². The molecule has 1 aliphatic heterocycles. The number of hydrogen-bond acceptors (Lipinski definition) is 5. The fourth-order valence-corrected chi connectivity index (χ4v) is 3.42. The van der Waals surface area contributed by atoms with Crippen LogP contribution in [0.4, 0.5) is 4.79 Å². The predicted molar refractivity (Wildman–Crippen MR) is 97.4 cm³/mol. The molecule has 2 N–H and O–H groups in total. The molecule has 2 aromatic heterocycles. The number of H-pyrrole nitrogens is 1. The number of rotatable bonds is 3. The van der Waals surface area contributed by atoms with E-state index in [4.69, 9.17) is 4.74 Å². The van der Waals surface area contributed by atoms with Crippen LogP contribution in [0.1, 0.15) is 28.4 Å². The summed E-state index contributed by atoms with van der Waals surface area (Å²) in [5.74, 6) is -0.421. The highest BCUT2D eigenvalue weighted by atomic mass is 16.5. The van der Waals surface area contributed by atoms with Gasteiger partial charge in [-0.3, -0.25) is 0 Å². The van der Waals surface area contributed by atoms with E-state index >= 15 is 0 Å². The number of benzene rings is 1. The third kappa shape index (κ3) is 2.99. The summed E-state index contributed by atoms with van der Waals surface area (Å²) in [7, 11) is 0. The Bertz CT molecular complexity index is 1040. The summed E-state index contributed by atoms with van der Waals surface area (Å²) in [6, 6.07) is 5.83. The third-order valence-electron chi connectivity index (χ3n) is 4.73. The second-order valence-electron chi connectivity index (χ2n) is 6.31. The van der Waals surface area contributed by atoms with E-state index < -0.39 is 12.1 Å². The first-order valence-corrected chi connectivity index (χ1v) is 8.67. The van der Waals surface area contributed by atoms with Gasteiger partial charge in [0.2, 0.25) is 0 Å². The molecule has 3 heterocycles. The van der Waals surface area contributed by atoms with Crippen molar-refractivity contribution in [2.45, 2.75) is 19.9 Å². The van der Waals surface area contributed by atoms with E-state index in [1.54, 1.807) is 13.1 Å². The van der Waals surface area contributed by atoms with E-state index in [2.05, 4.69) is 15.0 Å². The minimum absolute atomic E-state index is 0.285. The van der Waals surface area contributed by atoms with E-state index in [0.29, 0.717) is 41.8 Å². The molecule has 138 valence electrons. The summed E-state index contributed by atoms with van der Waals surface area (Å²) in [4.78, 5) is 36.5. The Labute approximate surface area is 154 Å². The van der Waals surface area contributed by atoms with Gasteiger partial charge in [0.25, 0.3) is 0 Å². The van der Waals surface area contributed by atoms with E-state index in [0.717, 1.165) is 16.7 Å². The topological polar surface area (TPSA) is 108 Å². The maximum absolute atomic E-state index is 12.3. The van der Waals surface area contributed by atoms with Gasteiger partial charge in [-0.2, -0.15) is 0 Å². The van der Waals surface area contributed by atoms with Crippen molar-refractivity contribution in [2.75, 3.05) is 13.2 Å². The molecule has 0 spiro atoms. The van der Waals surface area contributed by atoms with Crippen LogP contribution < -0.4 is 0 Å². The number of nitrogens with one attached hydrogen (secondary N) is 1. The average molecular weight is 366 g/mol. The highest BCUT2D eigenvalue weighted by molar-refractivity contribution is 6.08. The highest BCUT2D eigenvalue weighted by Gasteiger charge is 2.22. The van der Waals surface area contributed by atoms with Crippen molar-refractivity contribution in [1.29, 1.82) is 0 Å². The number of ether oxygens (including phenoxy) is 1. The molecule has 0 aliphatic carbocycles. The van der Waals surface area contributed by atoms with Crippen molar-refractivity contribution < 1.29 is 19.4 Å². The maximum Gasteiger partial charge on any atom is 0.407 e. The van der Waals surface area contributed by atoms with Crippen LogP contribution in [0.5, 0.6) is 0 Å². The van der Waals surface area contributed by atoms with Gasteiger partial charge in [0.05, 0.1) is 23.3 Å². The standard InChI is InChI=1S/C19H18N4O4/c1-2-27-18(24)14-8-20-17-15(14)16(21-10-22-17)12-3-4-13-9-23(19(25)26)6-5-11(13)7-12/h3-4,7-8,10H,2,5-6,9H2,1H3,(H,25,26)(H,20,21,22). The second-order valence-corrected chi connectivity index (χ2v) is 6.31.